The Hall–Kier alpha value is -3.51. The monoisotopic (exact) mass is 406 g/mol. The highest BCUT2D eigenvalue weighted by Crippen LogP contribution is 2.30. The molecule has 3 aromatic carbocycles. The molecule has 29 heavy (non-hydrogen) atoms. The molecule has 1 heterocycles. The number of hydrogen-bond acceptors (Lipinski definition) is 6. The maximum absolute atomic E-state index is 10.1. The Morgan fingerprint density at radius 2 is 1.79 bits per heavy atom. The van der Waals surface area contributed by atoms with E-state index in [4.69, 9.17) is 16.3 Å². The number of para-hydroxylation sites is 2. The van der Waals surface area contributed by atoms with E-state index in [9.17, 15) is 5.11 Å². The summed E-state index contributed by atoms with van der Waals surface area (Å²) in [5.74, 6) is 1.89. The van der Waals surface area contributed by atoms with Gasteiger partial charge in [-0.15, -0.1) is 0 Å². The number of phenols is 1. The minimum absolute atomic E-state index is 0.0645. The molecule has 0 atom stereocenters. The summed E-state index contributed by atoms with van der Waals surface area (Å²) in [6.45, 7) is 0.535. The minimum Gasteiger partial charge on any atom is -0.506 e. The normalized spacial score (nSPS) is 10.7. The van der Waals surface area contributed by atoms with Gasteiger partial charge in [-0.1, -0.05) is 41.9 Å². The SMILES string of the molecule is COc1ccccc1CNc1nc(Nc2cc(Cl)ccc2O)nc2ccccc12. The van der Waals surface area contributed by atoms with Crippen LogP contribution in [0.5, 0.6) is 11.5 Å². The van der Waals surface area contributed by atoms with Crippen LogP contribution in [0, 0.1) is 0 Å². The van der Waals surface area contributed by atoms with Gasteiger partial charge in [0.05, 0.1) is 18.3 Å². The number of halogens is 1. The summed E-state index contributed by atoms with van der Waals surface area (Å²) < 4.78 is 5.42. The molecular formula is C22H19ClN4O2. The molecule has 7 heteroatoms. The fourth-order valence-electron chi connectivity index (χ4n) is 3.02. The predicted octanol–water partition coefficient (Wildman–Crippen LogP) is 5.35. The highest BCUT2D eigenvalue weighted by atomic mass is 35.5. The van der Waals surface area contributed by atoms with Gasteiger partial charge in [-0.3, -0.25) is 0 Å². The number of rotatable bonds is 6. The maximum atomic E-state index is 10.1. The Bertz CT molecular complexity index is 1170. The lowest BCUT2D eigenvalue weighted by Crippen LogP contribution is -2.06. The lowest BCUT2D eigenvalue weighted by molar-refractivity contribution is 0.410. The summed E-state index contributed by atoms with van der Waals surface area (Å²) >= 11 is 6.04. The molecule has 0 bridgehead atoms. The molecule has 6 nitrogen and oxygen atoms in total. The third kappa shape index (κ3) is 4.17. The minimum atomic E-state index is 0.0645. The van der Waals surface area contributed by atoms with Crippen LogP contribution in [0.15, 0.2) is 66.7 Å². The van der Waals surface area contributed by atoms with Crippen LogP contribution in [-0.4, -0.2) is 22.2 Å². The third-order valence-electron chi connectivity index (χ3n) is 4.45. The molecule has 0 aliphatic heterocycles. The van der Waals surface area contributed by atoms with Crippen molar-refractivity contribution in [3.63, 3.8) is 0 Å². The molecule has 0 saturated heterocycles. The number of fused-ring (bicyclic) bond motifs is 1. The van der Waals surface area contributed by atoms with E-state index in [1.54, 1.807) is 19.2 Å². The Kier molecular flexibility index (Phi) is 5.35. The van der Waals surface area contributed by atoms with Gasteiger partial charge in [0.2, 0.25) is 5.95 Å². The fourth-order valence-corrected chi connectivity index (χ4v) is 3.20. The third-order valence-corrected chi connectivity index (χ3v) is 4.68. The second-order valence-corrected chi connectivity index (χ2v) is 6.80. The molecule has 4 aromatic rings. The first-order chi connectivity index (χ1) is 14.1. The number of ether oxygens (including phenoxy) is 1. The van der Waals surface area contributed by atoms with Gasteiger partial charge in [0.25, 0.3) is 0 Å². The van der Waals surface area contributed by atoms with Crippen molar-refractivity contribution >= 4 is 40.0 Å². The number of aromatic nitrogens is 2. The van der Waals surface area contributed by atoms with Gasteiger partial charge in [0.1, 0.15) is 17.3 Å². The molecule has 146 valence electrons. The molecule has 1 aromatic heterocycles. The van der Waals surface area contributed by atoms with Crippen molar-refractivity contribution in [2.24, 2.45) is 0 Å². The summed E-state index contributed by atoms with van der Waals surface area (Å²) in [6, 6.07) is 20.3. The lowest BCUT2D eigenvalue weighted by atomic mass is 10.2. The summed E-state index contributed by atoms with van der Waals surface area (Å²) in [5.41, 5.74) is 2.22. The summed E-state index contributed by atoms with van der Waals surface area (Å²) in [5, 5.41) is 17.9. The number of benzene rings is 3. The molecule has 0 aliphatic carbocycles. The topological polar surface area (TPSA) is 79.3 Å². The zero-order chi connectivity index (χ0) is 20.2. The molecule has 0 unspecified atom stereocenters. The first-order valence-electron chi connectivity index (χ1n) is 9.02. The number of anilines is 3. The van der Waals surface area contributed by atoms with Gasteiger partial charge in [-0.05, 0) is 36.4 Å². The van der Waals surface area contributed by atoms with Crippen LogP contribution in [-0.2, 0) is 6.54 Å². The number of methoxy groups -OCH3 is 1. The number of nitrogens with zero attached hydrogens (tertiary/aromatic N) is 2. The van der Waals surface area contributed by atoms with Crippen LogP contribution in [0.25, 0.3) is 10.9 Å². The van der Waals surface area contributed by atoms with E-state index in [1.807, 2.05) is 48.5 Å². The van der Waals surface area contributed by atoms with Crippen LogP contribution in [0.4, 0.5) is 17.5 Å². The van der Waals surface area contributed by atoms with Crippen molar-refractivity contribution < 1.29 is 9.84 Å². The Labute approximate surface area is 173 Å². The van der Waals surface area contributed by atoms with Crippen LogP contribution >= 0.6 is 11.6 Å². The van der Waals surface area contributed by atoms with Crippen molar-refractivity contribution in [1.82, 2.24) is 9.97 Å². The van der Waals surface area contributed by atoms with E-state index in [1.165, 1.54) is 6.07 Å². The van der Waals surface area contributed by atoms with Gasteiger partial charge in [-0.2, -0.15) is 4.98 Å². The fraction of sp³-hybridized carbons (Fsp3) is 0.0909. The standard InChI is InChI=1S/C22H19ClN4O2/c1-29-20-9-5-2-6-14(20)13-24-21-16-7-3-4-8-17(16)25-22(27-21)26-18-12-15(23)10-11-19(18)28/h2-12,28H,13H2,1H3,(H2,24,25,26,27). The predicted molar refractivity (Wildman–Crippen MR) is 116 cm³/mol. The van der Waals surface area contributed by atoms with E-state index in [0.717, 1.165) is 22.2 Å². The highest BCUT2D eigenvalue weighted by molar-refractivity contribution is 6.31. The van der Waals surface area contributed by atoms with E-state index < -0.39 is 0 Å². The average Bonchev–Trinajstić information content (AvgIpc) is 2.75. The maximum Gasteiger partial charge on any atom is 0.229 e. The van der Waals surface area contributed by atoms with Crippen LogP contribution in [0.1, 0.15) is 5.56 Å². The van der Waals surface area contributed by atoms with Gasteiger partial charge in [-0.25, -0.2) is 4.98 Å². The zero-order valence-electron chi connectivity index (χ0n) is 15.7. The molecule has 0 radical (unpaired) electrons. The summed E-state index contributed by atoms with van der Waals surface area (Å²) in [6.07, 6.45) is 0. The van der Waals surface area contributed by atoms with Gasteiger partial charge < -0.3 is 20.5 Å². The van der Waals surface area contributed by atoms with Crippen LogP contribution in [0.3, 0.4) is 0 Å². The van der Waals surface area contributed by atoms with Crippen LogP contribution in [0.2, 0.25) is 5.02 Å². The summed E-state index contributed by atoms with van der Waals surface area (Å²) in [4.78, 5) is 9.16. The van der Waals surface area contributed by atoms with E-state index in [2.05, 4.69) is 20.6 Å². The van der Waals surface area contributed by atoms with Gasteiger partial charge in [0.15, 0.2) is 0 Å². The number of hydrogen-bond donors (Lipinski definition) is 3. The smallest absolute Gasteiger partial charge is 0.229 e. The average molecular weight is 407 g/mol. The lowest BCUT2D eigenvalue weighted by Gasteiger charge is -2.14. The molecule has 0 saturated carbocycles. The number of phenolic OH excluding ortho intramolecular Hbond substituents is 1. The molecule has 4 rings (SSSR count). The Morgan fingerprint density at radius 1 is 1.00 bits per heavy atom. The molecule has 0 spiro atoms. The van der Waals surface area contributed by atoms with Crippen molar-refractivity contribution in [3.8, 4) is 11.5 Å². The molecule has 0 amide bonds. The Morgan fingerprint density at radius 3 is 2.66 bits per heavy atom. The van der Waals surface area contributed by atoms with Crippen molar-refractivity contribution in [2.45, 2.75) is 6.54 Å². The molecular weight excluding hydrogens is 388 g/mol. The highest BCUT2D eigenvalue weighted by Gasteiger charge is 2.11. The first kappa shape index (κ1) is 18.8. The zero-order valence-corrected chi connectivity index (χ0v) is 16.4. The summed E-state index contributed by atoms with van der Waals surface area (Å²) in [7, 11) is 1.65. The molecule has 0 fully saturated rings. The van der Waals surface area contributed by atoms with Crippen molar-refractivity contribution in [1.29, 1.82) is 0 Å². The quantitative estimate of drug-likeness (QED) is 0.374. The van der Waals surface area contributed by atoms with Gasteiger partial charge >= 0.3 is 0 Å². The largest absolute Gasteiger partial charge is 0.506 e. The second-order valence-electron chi connectivity index (χ2n) is 6.36. The van der Waals surface area contributed by atoms with Gasteiger partial charge in [0, 0.05) is 22.5 Å². The van der Waals surface area contributed by atoms with E-state index >= 15 is 0 Å². The van der Waals surface area contributed by atoms with Crippen LogP contribution < -0.4 is 15.4 Å². The molecule has 3 N–H and O–H groups in total. The number of aromatic hydroxyl groups is 1. The van der Waals surface area contributed by atoms with E-state index in [-0.39, 0.29) is 5.75 Å². The first-order valence-corrected chi connectivity index (χ1v) is 9.40. The number of nitrogens with one attached hydrogen (secondary N) is 2. The Balaban J connectivity index is 1.68. The van der Waals surface area contributed by atoms with E-state index in [0.29, 0.717) is 29.0 Å². The van der Waals surface area contributed by atoms with Crippen molar-refractivity contribution in [2.75, 3.05) is 17.7 Å². The molecule has 0 aliphatic rings. The van der Waals surface area contributed by atoms with Crippen molar-refractivity contribution in [3.05, 3.63) is 77.3 Å². The second kappa shape index (κ2) is 8.24.